The lowest BCUT2D eigenvalue weighted by molar-refractivity contribution is -0.142. The van der Waals surface area contributed by atoms with E-state index in [2.05, 4.69) is 20.6 Å². The summed E-state index contributed by atoms with van der Waals surface area (Å²) < 4.78 is 57.7. The van der Waals surface area contributed by atoms with E-state index >= 15 is 0 Å². The first-order valence-corrected chi connectivity index (χ1v) is 8.24. The van der Waals surface area contributed by atoms with Crippen LogP contribution in [0, 0.1) is 11.7 Å². The quantitative estimate of drug-likeness (QED) is 0.753. The number of hydrogen-bond acceptors (Lipinski definition) is 5. The monoisotopic (exact) mass is 384 g/mol. The molecule has 0 aliphatic heterocycles. The molecular weight excluding hydrogens is 368 g/mol. The molecule has 2 N–H and O–H groups in total. The average Bonchev–Trinajstić information content (AvgIpc) is 2.54. The number of ether oxygens (including phenoxy) is 1. The minimum Gasteiger partial charge on any atom is -0.406 e. The Kier molecular flexibility index (Phi) is 5.43. The molecule has 144 valence electrons. The van der Waals surface area contributed by atoms with Crippen LogP contribution in [0.15, 0.2) is 30.5 Å². The highest BCUT2D eigenvalue weighted by Gasteiger charge is 2.38. The number of rotatable bonds is 5. The summed E-state index contributed by atoms with van der Waals surface area (Å²) in [6.45, 7) is 0.347. The van der Waals surface area contributed by atoms with Gasteiger partial charge in [0.05, 0.1) is 6.20 Å². The van der Waals surface area contributed by atoms with Gasteiger partial charge in [-0.2, -0.15) is 13.2 Å². The Morgan fingerprint density at radius 2 is 2.07 bits per heavy atom. The van der Waals surface area contributed by atoms with E-state index in [1.54, 1.807) is 0 Å². The molecule has 2 aromatic rings. The summed E-state index contributed by atoms with van der Waals surface area (Å²) in [6, 6.07) is 5.09. The van der Waals surface area contributed by atoms with Crippen LogP contribution in [0.25, 0.3) is 0 Å². The summed E-state index contributed by atoms with van der Waals surface area (Å²) in [5, 5.41) is 4.91. The topological polar surface area (TPSA) is 76.1 Å². The van der Waals surface area contributed by atoms with Gasteiger partial charge in [-0.15, -0.1) is 0 Å². The number of anilines is 2. The zero-order valence-corrected chi connectivity index (χ0v) is 14.0. The smallest absolute Gasteiger partial charge is 0.406 e. The van der Waals surface area contributed by atoms with Crippen molar-refractivity contribution in [3.8, 4) is 5.75 Å². The third-order valence-corrected chi connectivity index (χ3v) is 4.07. The van der Waals surface area contributed by atoms with E-state index in [1.807, 2.05) is 0 Å². The predicted molar refractivity (Wildman–Crippen MR) is 88.1 cm³/mol. The van der Waals surface area contributed by atoms with Gasteiger partial charge in [0.2, 0.25) is 5.95 Å². The van der Waals surface area contributed by atoms with E-state index in [0.29, 0.717) is 12.5 Å². The molecule has 1 aliphatic rings. The van der Waals surface area contributed by atoms with Crippen molar-refractivity contribution < 1.29 is 27.1 Å². The Balaban J connectivity index is 1.74. The number of nitrogens with one attached hydrogen (secondary N) is 2. The molecule has 0 bridgehead atoms. The molecule has 1 saturated carbocycles. The fraction of sp³-hybridized carbons (Fsp3) is 0.353. The number of aromatic nitrogens is 2. The number of carbonyl (C=O) groups excluding carboxylic acids is 1. The standard InChI is InChI=1S/C17H16F4N4O2/c18-11-5-2-6-12(7-11)24-15-22-9-13(14(25-15)17(19,20)21)27-16(26)23-8-10-3-1-4-10/h2,5-7,9-10H,1,3-4,8H2,(H,23,26)(H,22,24,25). The summed E-state index contributed by atoms with van der Waals surface area (Å²) in [5.74, 6) is -1.46. The number of carbonyl (C=O) groups is 1. The summed E-state index contributed by atoms with van der Waals surface area (Å²) in [6.07, 6.45) is -2.10. The van der Waals surface area contributed by atoms with E-state index in [4.69, 9.17) is 4.74 Å². The van der Waals surface area contributed by atoms with Crippen molar-refractivity contribution in [2.45, 2.75) is 25.4 Å². The van der Waals surface area contributed by atoms with Gasteiger partial charge in [-0.25, -0.2) is 19.2 Å². The Morgan fingerprint density at radius 3 is 2.70 bits per heavy atom. The van der Waals surface area contributed by atoms with Crippen LogP contribution in [0.2, 0.25) is 0 Å². The minimum atomic E-state index is -4.87. The molecule has 27 heavy (non-hydrogen) atoms. The third-order valence-electron chi connectivity index (χ3n) is 4.07. The molecule has 1 aromatic heterocycles. The van der Waals surface area contributed by atoms with E-state index in [1.165, 1.54) is 18.2 Å². The average molecular weight is 384 g/mol. The first kappa shape index (κ1) is 18.9. The van der Waals surface area contributed by atoms with Crippen LogP contribution >= 0.6 is 0 Å². The molecule has 0 saturated heterocycles. The molecule has 0 unspecified atom stereocenters. The van der Waals surface area contributed by atoms with Crippen LogP contribution in [0.3, 0.4) is 0 Å². The molecule has 0 atom stereocenters. The molecule has 6 nitrogen and oxygen atoms in total. The van der Waals surface area contributed by atoms with Gasteiger partial charge in [0, 0.05) is 12.2 Å². The van der Waals surface area contributed by atoms with Crippen molar-refractivity contribution in [1.29, 1.82) is 0 Å². The fourth-order valence-corrected chi connectivity index (χ4v) is 2.46. The Labute approximate surface area is 152 Å². The van der Waals surface area contributed by atoms with Crippen molar-refractivity contribution in [3.05, 3.63) is 42.0 Å². The second-order valence-corrected chi connectivity index (χ2v) is 6.11. The van der Waals surface area contributed by atoms with Gasteiger partial charge in [0.1, 0.15) is 5.82 Å². The molecule has 1 aromatic carbocycles. The SMILES string of the molecule is O=C(NCC1CCC1)Oc1cnc(Nc2cccc(F)c2)nc1C(F)(F)F. The van der Waals surface area contributed by atoms with Gasteiger partial charge in [0.25, 0.3) is 0 Å². The molecule has 3 rings (SSSR count). The fourth-order valence-electron chi connectivity index (χ4n) is 2.46. The number of amides is 1. The van der Waals surface area contributed by atoms with Crippen LogP contribution in [0.4, 0.5) is 34.0 Å². The summed E-state index contributed by atoms with van der Waals surface area (Å²) in [7, 11) is 0. The third kappa shape index (κ3) is 5.05. The first-order valence-electron chi connectivity index (χ1n) is 8.24. The second kappa shape index (κ2) is 7.77. The molecule has 10 heteroatoms. The second-order valence-electron chi connectivity index (χ2n) is 6.11. The maximum absolute atomic E-state index is 13.3. The minimum absolute atomic E-state index is 0.176. The van der Waals surface area contributed by atoms with E-state index in [0.717, 1.165) is 31.5 Å². The van der Waals surface area contributed by atoms with E-state index in [9.17, 15) is 22.4 Å². The zero-order chi connectivity index (χ0) is 19.4. The highest BCUT2D eigenvalue weighted by atomic mass is 19.4. The maximum Gasteiger partial charge on any atom is 0.437 e. The van der Waals surface area contributed by atoms with Crippen LogP contribution < -0.4 is 15.4 Å². The largest absolute Gasteiger partial charge is 0.437 e. The van der Waals surface area contributed by atoms with Gasteiger partial charge < -0.3 is 15.4 Å². The zero-order valence-electron chi connectivity index (χ0n) is 14.0. The highest BCUT2D eigenvalue weighted by Crippen LogP contribution is 2.35. The first-order chi connectivity index (χ1) is 12.8. The lowest BCUT2D eigenvalue weighted by Crippen LogP contribution is -2.34. The highest BCUT2D eigenvalue weighted by molar-refractivity contribution is 5.70. The molecule has 1 heterocycles. The van der Waals surface area contributed by atoms with E-state index < -0.39 is 35.5 Å². The Hall–Kier alpha value is -2.91. The van der Waals surface area contributed by atoms with Crippen molar-refractivity contribution in [3.63, 3.8) is 0 Å². The van der Waals surface area contributed by atoms with Gasteiger partial charge in [-0.1, -0.05) is 12.5 Å². The van der Waals surface area contributed by atoms with Gasteiger partial charge in [-0.3, -0.25) is 0 Å². The summed E-state index contributed by atoms with van der Waals surface area (Å²) >= 11 is 0. The number of benzene rings is 1. The lowest BCUT2D eigenvalue weighted by Gasteiger charge is -2.25. The van der Waals surface area contributed by atoms with Crippen molar-refractivity contribution in [2.24, 2.45) is 5.92 Å². The Morgan fingerprint density at radius 1 is 1.30 bits per heavy atom. The van der Waals surface area contributed by atoms with Crippen LogP contribution in [-0.4, -0.2) is 22.6 Å². The van der Waals surface area contributed by atoms with Gasteiger partial charge in [-0.05, 0) is 37.0 Å². The number of alkyl halides is 3. The molecular formula is C17H16F4N4O2. The van der Waals surface area contributed by atoms with Crippen LogP contribution in [0.1, 0.15) is 25.0 Å². The molecule has 0 spiro atoms. The van der Waals surface area contributed by atoms with Gasteiger partial charge >= 0.3 is 12.3 Å². The maximum atomic E-state index is 13.3. The number of halogens is 4. The van der Waals surface area contributed by atoms with Crippen molar-refractivity contribution in [2.75, 3.05) is 11.9 Å². The van der Waals surface area contributed by atoms with Crippen LogP contribution in [-0.2, 0) is 6.18 Å². The van der Waals surface area contributed by atoms with Crippen molar-refractivity contribution >= 4 is 17.7 Å². The summed E-state index contributed by atoms with van der Waals surface area (Å²) in [4.78, 5) is 18.8. The van der Waals surface area contributed by atoms with E-state index in [-0.39, 0.29) is 5.69 Å². The van der Waals surface area contributed by atoms with Crippen LogP contribution in [0.5, 0.6) is 5.75 Å². The lowest BCUT2D eigenvalue weighted by atomic mass is 9.85. The normalized spacial score (nSPS) is 14.4. The molecule has 1 fully saturated rings. The van der Waals surface area contributed by atoms with Crippen molar-refractivity contribution in [1.82, 2.24) is 15.3 Å². The predicted octanol–water partition coefficient (Wildman–Crippen LogP) is 4.27. The Bertz CT molecular complexity index is 825. The number of hydrogen-bond donors (Lipinski definition) is 2. The summed E-state index contributed by atoms with van der Waals surface area (Å²) in [5.41, 5.74) is -1.23. The number of nitrogens with zero attached hydrogens (tertiary/aromatic N) is 2. The molecule has 1 aliphatic carbocycles. The molecule has 0 radical (unpaired) electrons. The van der Waals surface area contributed by atoms with Gasteiger partial charge in [0.15, 0.2) is 11.4 Å². The molecule has 1 amide bonds.